The standard InChI is InChI=1S/C2H6OS.2O.Ti/c1-4(2)3;;;/h1-2H3;;;/q;2*-2;+4. The zero-order valence-corrected chi connectivity index (χ0v) is 6.51. The molecule has 0 fully saturated rings. The van der Waals surface area contributed by atoms with E-state index < -0.39 is 10.8 Å². The van der Waals surface area contributed by atoms with Gasteiger partial charge in [0, 0.05) is 23.3 Å². The van der Waals surface area contributed by atoms with Crippen molar-refractivity contribution in [3.8, 4) is 0 Å². The molecule has 42 valence electrons. The summed E-state index contributed by atoms with van der Waals surface area (Å²) in [4.78, 5) is 0. The monoisotopic (exact) mass is 158 g/mol. The molecule has 0 amide bonds. The van der Waals surface area contributed by atoms with Crippen LogP contribution < -0.4 is 0 Å². The molecule has 0 aromatic carbocycles. The van der Waals surface area contributed by atoms with Gasteiger partial charge in [-0.25, -0.2) is 0 Å². The molecule has 0 saturated carbocycles. The van der Waals surface area contributed by atoms with E-state index >= 15 is 0 Å². The summed E-state index contributed by atoms with van der Waals surface area (Å²) in [5, 5.41) is 0. The van der Waals surface area contributed by atoms with E-state index in [9.17, 15) is 4.21 Å². The molecule has 0 aliphatic carbocycles. The van der Waals surface area contributed by atoms with Crippen molar-refractivity contribution < 1.29 is 36.9 Å². The molecule has 0 heterocycles. The van der Waals surface area contributed by atoms with Gasteiger partial charge in [-0.2, -0.15) is 0 Å². The Balaban J connectivity index is -0.0000000150. The zero-order valence-electron chi connectivity index (χ0n) is 4.13. The molecule has 0 spiro atoms. The Kier molecular flexibility index (Phi) is 56.6. The summed E-state index contributed by atoms with van der Waals surface area (Å²) >= 11 is 0. The van der Waals surface area contributed by atoms with Gasteiger partial charge in [-0.3, -0.25) is 4.21 Å². The van der Waals surface area contributed by atoms with E-state index in [1.807, 2.05) is 0 Å². The van der Waals surface area contributed by atoms with Gasteiger partial charge in [0.05, 0.1) is 0 Å². The second kappa shape index (κ2) is 15.9. The van der Waals surface area contributed by atoms with Crippen LogP contribution in [-0.2, 0) is 43.5 Å². The van der Waals surface area contributed by atoms with E-state index in [1.54, 1.807) is 12.5 Å². The Morgan fingerprint density at radius 2 is 1.14 bits per heavy atom. The van der Waals surface area contributed by atoms with Crippen LogP contribution in [0.5, 0.6) is 0 Å². The van der Waals surface area contributed by atoms with Gasteiger partial charge in [0.1, 0.15) is 0 Å². The molecule has 0 atom stereocenters. The molecular formula is C2H6O3STi. The summed E-state index contributed by atoms with van der Waals surface area (Å²) in [6, 6.07) is 0. The minimum absolute atomic E-state index is 0. The third kappa shape index (κ3) is 252. The van der Waals surface area contributed by atoms with Gasteiger partial charge in [0.2, 0.25) is 0 Å². The van der Waals surface area contributed by atoms with Gasteiger partial charge in [-0.1, -0.05) is 0 Å². The molecule has 0 unspecified atom stereocenters. The second-order valence-corrected chi connectivity index (χ2v) is 2.22. The summed E-state index contributed by atoms with van der Waals surface area (Å²) in [5.41, 5.74) is 0. The normalized spacial score (nSPS) is 5.00. The van der Waals surface area contributed by atoms with Gasteiger partial charge in [-0.15, -0.1) is 0 Å². The van der Waals surface area contributed by atoms with Crippen LogP contribution in [0.1, 0.15) is 0 Å². The average molecular weight is 158 g/mol. The Labute approximate surface area is 60.4 Å². The van der Waals surface area contributed by atoms with E-state index in [-0.39, 0.29) is 32.7 Å². The maximum absolute atomic E-state index is 9.56. The fraction of sp³-hybridized carbons (Fsp3) is 1.00. The minimum atomic E-state index is -0.611. The van der Waals surface area contributed by atoms with Crippen molar-refractivity contribution in [1.82, 2.24) is 0 Å². The predicted molar refractivity (Wildman–Crippen MR) is 21.4 cm³/mol. The largest absolute Gasteiger partial charge is 4.00 e. The molecule has 0 aromatic rings. The van der Waals surface area contributed by atoms with Gasteiger partial charge >= 0.3 is 21.7 Å². The van der Waals surface area contributed by atoms with Gasteiger partial charge < -0.3 is 11.0 Å². The van der Waals surface area contributed by atoms with E-state index in [4.69, 9.17) is 0 Å². The maximum atomic E-state index is 9.56. The predicted octanol–water partition coefficient (Wildman–Crippen LogP) is -0.245. The van der Waals surface area contributed by atoms with Crippen LogP contribution >= 0.6 is 0 Å². The third-order valence-corrected chi connectivity index (χ3v) is 0. The van der Waals surface area contributed by atoms with Crippen LogP contribution in [0, 0.1) is 0 Å². The van der Waals surface area contributed by atoms with Crippen molar-refractivity contribution in [3.63, 3.8) is 0 Å². The van der Waals surface area contributed by atoms with Crippen LogP contribution in [0.15, 0.2) is 0 Å². The first kappa shape index (κ1) is 25.0. The van der Waals surface area contributed by atoms with Crippen molar-refractivity contribution in [2.45, 2.75) is 0 Å². The first-order chi connectivity index (χ1) is 1.73. The van der Waals surface area contributed by atoms with E-state index in [0.29, 0.717) is 0 Å². The molecule has 0 radical (unpaired) electrons. The maximum Gasteiger partial charge on any atom is 4.00 e. The molecular weight excluding hydrogens is 152 g/mol. The number of hydrogen-bond acceptors (Lipinski definition) is 1. The molecule has 0 aliphatic heterocycles. The van der Waals surface area contributed by atoms with Crippen LogP contribution in [0.3, 0.4) is 0 Å². The van der Waals surface area contributed by atoms with Crippen molar-refractivity contribution >= 4 is 10.8 Å². The summed E-state index contributed by atoms with van der Waals surface area (Å²) in [7, 11) is -0.611. The Hall–Kier alpha value is 0.784. The topological polar surface area (TPSA) is 74.1 Å². The Morgan fingerprint density at radius 3 is 1.14 bits per heavy atom. The molecule has 3 nitrogen and oxygen atoms in total. The quantitative estimate of drug-likeness (QED) is 0.448. The van der Waals surface area contributed by atoms with Gasteiger partial charge in [0.25, 0.3) is 0 Å². The smallest absolute Gasteiger partial charge is 2.00 e. The van der Waals surface area contributed by atoms with E-state index in [0.717, 1.165) is 0 Å². The zero-order chi connectivity index (χ0) is 3.58. The first-order valence-electron chi connectivity index (χ1n) is 0.983. The van der Waals surface area contributed by atoms with Crippen LogP contribution in [0.2, 0.25) is 0 Å². The summed E-state index contributed by atoms with van der Waals surface area (Å²) in [5.74, 6) is 0. The van der Waals surface area contributed by atoms with Crippen LogP contribution in [-0.4, -0.2) is 16.7 Å². The number of rotatable bonds is 0. The van der Waals surface area contributed by atoms with Crippen LogP contribution in [0.25, 0.3) is 0 Å². The fourth-order valence-electron chi connectivity index (χ4n) is 0. The SMILES string of the molecule is CS(C)=O.[O-2].[O-2].[Ti+4]. The van der Waals surface area contributed by atoms with Crippen molar-refractivity contribution in [2.75, 3.05) is 12.5 Å². The van der Waals surface area contributed by atoms with E-state index in [2.05, 4.69) is 0 Å². The molecule has 0 saturated heterocycles. The fourth-order valence-corrected chi connectivity index (χ4v) is 0. The van der Waals surface area contributed by atoms with Crippen LogP contribution in [0.4, 0.5) is 0 Å². The molecule has 0 bridgehead atoms. The van der Waals surface area contributed by atoms with E-state index in [1.165, 1.54) is 0 Å². The second-order valence-electron chi connectivity index (χ2n) is 0.742. The molecule has 0 rings (SSSR count). The summed E-state index contributed by atoms with van der Waals surface area (Å²) in [6.07, 6.45) is 3.28. The van der Waals surface area contributed by atoms with Crippen molar-refractivity contribution in [3.05, 3.63) is 0 Å². The van der Waals surface area contributed by atoms with Gasteiger partial charge in [0.15, 0.2) is 0 Å². The molecule has 7 heavy (non-hydrogen) atoms. The van der Waals surface area contributed by atoms with Crippen molar-refractivity contribution in [1.29, 1.82) is 0 Å². The Morgan fingerprint density at radius 1 is 1.14 bits per heavy atom. The molecule has 0 aliphatic rings. The molecule has 5 heteroatoms. The molecule has 0 aromatic heterocycles. The minimum Gasteiger partial charge on any atom is -2.00 e. The summed E-state index contributed by atoms with van der Waals surface area (Å²) < 4.78 is 9.56. The average Bonchev–Trinajstić information content (AvgIpc) is 0.811. The summed E-state index contributed by atoms with van der Waals surface area (Å²) in [6.45, 7) is 0. The Bertz CT molecular complexity index is 35.9. The van der Waals surface area contributed by atoms with Gasteiger partial charge in [-0.05, 0) is 0 Å². The number of hydrogen-bond donors (Lipinski definition) is 0. The molecule has 0 N–H and O–H groups in total. The first-order valence-corrected chi connectivity index (χ1v) is 2.95. The van der Waals surface area contributed by atoms with Crippen molar-refractivity contribution in [2.24, 2.45) is 0 Å². The third-order valence-electron chi connectivity index (χ3n) is 0.